The second-order valence-corrected chi connectivity index (χ2v) is 4.85. The lowest BCUT2D eigenvalue weighted by Crippen LogP contribution is -1.83. The van der Waals surface area contributed by atoms with Crippen LogP contribution in [0.15, 0.2) is 45.3 Å². The van der Waals surface area contributed by atoms with E-state index in [1.54, 1.807) is 31.4 Å². The highest BCUT2D eigenvalue weighted by Crippen LogP contribution is 2.35. The number of hydrogen-bond donors (Lipinski definition) is 1. The molecule has 3 aromatic rings. The molecule has 2 aromatic carbocycles. The third-order valence-electron chi connectivity index (χ3n) is 2.79. The Balaban J connectivity index is 2.21. The molecule has 0 fully saturated rings. The Kier molecular flexibility index (Phi) is 2.91. The van der Waals surface area contributed by atoms with E-state index in [2.05, 4.69) is 20.9 Å². The molecule has 0 saturated carbocycles. The topological polar surface area (TPSA) is 55.5 Å². The summed E-state index contributed by atoms with van der Waals surface area (Å²) >= 11 is 3.44. The Hall–Kier alpha value is -2.01. The van der Waals surface area contributed by atoms with Crippen LogP contribution in [0.2, 0.25) is 0 Å². The van der Waals surface area contributed by atoms with Gasteiger partial charge in [-0.2, -0.15) is 0 Å². The van der Waals surface area contributed by atoms with Gasteiger partial charge in [0.1, 0.15) is 11.3 Å². The van der Waals surface area contributed by atoms with Crippen molar-refractivity contribution in [2.45, 2.75) is 0 Å². The fourth-order valence-electron chi connectivity index (χ4n) is 1.84. The van der Waals surface area contributed by atoms with Crippen molar-refractivity contribution in [3.63, 3.8) is 0 Å². The number of oxazole rings is 1. The molecular weight excluding hydrogens is 310 g/mol. The van der Waals surface area contributed by atoms with Gasteiger partial charge in [0, 0.05) is 10.0 Å². The Bertz CT molecular complexity index is 734. The molecule has 96 valence electrons. The third-order valence-corrected chi connectivity index (χ3v) is 3.43. The highest BCUT2D eigenvalue weighted by atomic mass is 79.9. The normalized spacial score (nSPS) is 10.8. The van der Waals surface area contributed by atoms with E-state index in [0.717, 1.165) is 10.0 Å². The molecule has 0 bridgehead atoms. The molecule has 0 amide bonds. The molecule has 0 unspecified atom stereocenters. The van der Waals surface area contributed by atoms with Gasteiger partial charge in [-0.25, -0.2) is 4.98 Å². The third kappa shape index (κ3) is 2.06. The van der Waals surface area contributed by atoms with Gasteiger partial charge in [-0.05, 0) is 52.3 Å². The van der Waals surface area contributed by atoms with Crippen molar-refractivity contribution in [3.05, 3.63) is 40.9 Å². The SMILES string of the molecule is COc1ccc(Br)c2nc(-c3ccc(O)cc3)oc12. The van der Waals surface area contributed by atoms with Gasteiger partial charge in [-0.1, -0.05) is 0 Å². The first-order valence-electron chi connectivity index (χ1n) is 5.61. The van der Waals surface area contributed by atoms with Crippen molar-refractivity contribution in [1.82, 2.24) is 4.98 Å². The number of hydrogen-bond acceptors (Lipinski definition) is 4. The van der Waals surface area contributed by atoms with Crippen LogP contribution < -0.4 is 4.74 Å². The summed E-state index contributed by atoms with van der Waals surface area (Å²) in [6.07, 6.45) is 0. The van der Waals surface area contributed by atoms with E-state index >= 15 is 0 Å². The number of fused-ring (bicyclic) bond motifs is 1. The molecule has 1 heterocycles. The van der Waals surface area contributed by atoms with Crippen LogP contribution in [0.4, 0.5) is 0 Å². The van der Waals surface area contributed by atoms with Crippen molar-refractivity contribution < 1.29 is 14.3 Å². The maximum absolute atomic E-state index is 9.29. The summed E-state index contributed by atoms with van der Waals surface area (Å²) in [5.41, 5.74) is 2.10. The predicted octanol–water partition coefficient (Wildman–Crippen LogP) is 3.97. The number of methoxy groups -OCH3 is 1. The van der Waals surface area contributed by atoms with Crippen molar-refractivity contribution in [1.29, 1.82) is 0 Å². The smallest absolute Gasteiger partial charge is 0.227 e. The fraction of sp³-hybridized carbons (Fsp3) is 0.0714. The molecule has 1 aromatic heterocycles. The number of aromatic hydroxyl groups is 1. The molecule has 0 aliphatic rings. The Labute approximate surface area is 117 Å². The summed E-state index contributed by atoms with van der Waals surface area (Å²) in [5, 5.41) is 9.29. The highest BCUT2D eigenvalue weighted by molar-refractivity contribution is 9.10. The molecule has 3 rings (SSSR count). The van der Waals surface area contributed by atoms with Gasteiger partial charge < -0.3 is 14.3 Å². The predicted molar refractivity (Wildman–Crippen MR) is 75.4 cm³/mol. The Morgan fingerprint density at radius 3 is 2.58 bits per heavy atom. The van der Waals surface area contributed by atoms with E-state index in [0.29, 0.717) is 22.7 Å². The maximum Gasteiger partial charge on any atom is 0.227 e. The van der Waals surface area contributed by atoms with Crippen LogP contribution in [-0.4, -0.2) is 17.2 Å². The highest BCUT2D eigenvalue weighted by Gasteiger charge is 2.14. The fourth-order valence-corrected chi connectivity index (χ4v) is 2.24. The summed E-state index contributed by atoms with van der Waals surface area (Å²) in [7, 11) is 1.59. The van der Waals surface area contributed by atoms with E-state index in [9.17, 15) is 5.11 Å². The summed E-state index contributed by atoms with van der Waals surface area (Å²) in [5.74, 6) is 1.33. The first-order chi connectivity index (χ1) is 9.19. The Morgan fingerprint density at radius 2 is 1.89 bits per heavy atom. The lowest BCUT2D eigenvalue weighted by atomic mass is 10.2. The number of benzene rings is 2. The van der Waals surface area contributed by atoms with Crippen molar-refractivity contribution >= 4 is 27.0 Å². The first kappa shape index (κ1) is 12.0. The van der Waals surface area contributed by atoms with Gasteiger partial charge in [-0.3, -0.25) is 0 Å². The van der Waals surface area contributed by atoms with Crippen LogP contribution in [0.5, 0.6) is 11.5 Å². The van der Waals surface area contributed by atoms with Crippen molar-refractivity contribution in [2.24, 2.45) is 0 Å². The Morgan fingerprint density at radius 1 is 1.16 bits per heavy atom. The van der Waals surface area contributed by atoms with E-state index in [1.165, 1.54) is 0 Å². The number of phenols is 1. The van der Waals surface area contributed by atoms with Crippen LogP contribution >= 0.6 is 15.9 Å². The van der Waals surface area contributed by atoms with Crippen LogP contribution in [0.25, 0.3) is 22.6 Å². The van der Waals surface area contributed by atoms with Crippen molar-refractivity contribution in [3.8, 4) is 23.0 Å². The van der Waals surface area contributed by atoms with E-state index in [-0.39, 0.29) is 5.75 Å². The van der Waals surface area contributed by atoms with Gasteiger partial charge in [-0.15, -0.1) is 0 Å². The monoisotopic (exact) mass is 319 g/mol. The zero-order chi connectivity index (χ0) is 13.4. The average Bonchev–Trinajstić information content (AvgIpc) is 2.86. The second kappa shape index (κ2) is 4.59. The molecule has 4 nitrogen and oxygen atoms in total. The minimum absolute atomic E-state index is 0.207. The molecule has 19 heavy (non-hydrogen) atoms. The molecule has 0 aliphatic heterocycles. The number of nitrogens with zero attached hydrogens (tertiary/aromatic N) is 1. The standard InChI is InChI=1S/C14H10BrNO3/c1-18-11-7-6-10(15)12-13(11)19-14(16-12)8-2-4-9(17)5-3-8/h2-7,17H,1H3. The van der Waals surface area contributed by atoms with E-state index < -0.39 is 0 Å². The second-order valence-electron chi connectivity index (χ2n) is 3.99. The minimum atomic E-state index is 0.207. The van der Waals surface area contributed by atoms with Gasteiger partial charge in [0.05, 0.1) is 7.11 Å². The lowest BCUT2D eigenvalue weighted by Gasteiger charge is -1.99. The number of rotatable bonds is 2. The van der Waals surface area contributed by atoms with Gasteiger partial charge >= 0.3 is 0 Å². The van der Waals surface area contributed by atoms with Gasteiger partial charge in [0.25, 0.3) is 0 Å². The molecular formula is C14H10BrNO3. The van der Waals surface area contributed by atoms with Gasteiger partial charge in [0.15, 0.2) is 11.3 Å². The van der Waals surface area contributed by atoms with E-state index in [4.69, 9.17) is 9.15 Å². The summed E-state index contributed by atoms with van der Waals surface area (Å²) < 4.78 is 11.8. The molecule has 0 saturated heterocycles. The van der Waals surface area contributed by atoms with Crippen molar-refractivity contribution in [2.75, 3.05) is 7.11 Å². The maximum atomic E-state index is 9.29. The minimum Gasteiger partial charge on any atom is -0.508 e. The number of phenolic OH excluding ortho intramolecular Hbond substituents is 1. The molecule has 0 spiro atoms. The summed E-state index contributed by atoms with van der Waals surface area (Å²) in [6.45, 7) is 0. The number of halogens is 1. The zero-order valence-corrected chi connectivity index (χ0v) is 11.6. The van der Waals surface area contributed by atoms with Crippen LogP contribution in [-0.2, 0) is 0 Å². The quantitative estimate of drug-likeness (QED) is 0.776. The molecule has 1 N–H and O–H groups in total. The lowest BCUT2D eigenvalue weighted by molar-refractivity contribution is 0.410. The molecule has 5 heteroatoms. The summed E-state index contributed by atoms with van der Waals surface area (Å²) in [6, 6.07) is 10.4. The zero-order valence-electron chi connectivity index (χ0n) is 10.1. The van der Waals surface area contributed by atoms with E-state index in [1.807, 2.05) is 12.1 Å². The molecule has 0 radical (unpaired) electrons. The largest absolute Gasteiger partial charge is 0.508 e. The number of aromatic nitrogens is 1. The first-order valence-corrected chi connectivity index (χ1v) is 6.41. The van der Waals surface area contributed by atoms with Crippen LogP contribution in [0.1, 0.15) is 0 Å². The van der Waals surface area contributed by atoms with Gasteiger partial charge in [0.2, 0.25) is 5.89 Å². The molecule has 0 atom stereocenters. The van der Waals surface area contributed by atoms with Crippen LogP contribution in [0.3, 0.4) is 0 Å². The van der Waals surface area contributed by atoms with Crippen LogP contribution in [0, 0.1) is 0 Å². The summed E-state index contributed by atoms with van der Waals surface area (Å²) in [4.78, 5) is 4.45. The number of ether oxygens (including phenoxy) is 1. The average molecular weight is 320 g/mol. The molecule has 0 aliphatic carbocycles.